The fourth-order valence-electron chi connectivity index (χ4n) is 2.67. The van der Waals surface area contributed by atoms with Crippen LogP contribution in [0.15, 0.2) is 53.1 Å². The first-order valence-corrected chi connectivity index (χ1v) is 8.08. The van der Waals surface area contributed by atoms with E-state index in [0.29, 0.717) is 13.0 Å². The average Bonchev–Trinajstić information content (AvgIpc) is 3.20. The lowest BCUT2D eigenvalue weighted by molar-refractivity contribution is -0.131. The lowest BCUT2D eigenvalue weighted by Gasteiger charge is -2.13. The number of furan rings is 1. The van der Waals surface area contributed by atoms with Crippen LogP contribution in [0.1, 0.15) is 17.7 Å². The second-order valence-corrected chi connectivity index (χ2v) is 5.80. The van der Waals surface area contributed by atoms with Gasteiger partial charge in [-0.25, -0.2) is 4.79 Å². The second kappa shape index (κ2) is 7.65. The number of imide groups is 1. The third-order valence-electron chi connectivity index (χ3n) is 3.95. The van der Waals surface area contributed by atoms with Crippen molar-refractivity contribution in [2.75, 3.05) is 6.54 Å². The molecule has 1 unspecified atom stereocenters. The number of carbonyl (C=O) groups excluding carboxylic acids is 3. The van der Waals surface area contributed by atoms with Crippen LogP contribution in [-0.4, -0.2) is 35.3 Å². The minimum Gasteiger partial charge on any atom is -0.469 e. The number of rotatable bonds is 7. The number of amides is 4. The number of benzene rings is 1. The zero-order valence-electron chi connectivity index (χ0n) is 13.6. The van der Waals surface area contributed by atoms with Crippen LogP contribution in [0.5, 0.6) is 0 Å². The van der Waals surface area contributed by atoms with Gasteiger partial charge in [0.25, 0.3) is 5.91 Å². The summed E-state index contributed by atoms with van der Waals surface area (Å²) in [5, 5.41) is 5.29. The van der Waals surface area contributed by atoms with E-state index in [0.717, 1.165) is 16.2 Å². The number of nitrogens with one attached hydrogen (secondary N) is 2. The van der Waals surface area contributed by atoms with E-state index in [1.807, 2.05) is 36.4 Å². The Balaban J connectivity index is 1.48. The van der Waals surface area contributed by atoms with Gasteiger partial charge in [0.2, 0.25) is 5.91 Å². The Bertz CT molecular complexity index is 743. The van der Waals surface area contributed by atoms with E-state index < -0.39 is 12.1 Å². The van der Waals surface area contributed by atoms with E-state index in [9.17, 15) is 14.4 Å². The molecule has 7 heteroatoms. The minimum atomic E-state index is -0.820. The van der Waals surface area contributed by atoms with Crippen molar-refractivity contribution < 1.29 is 18.8 Å². The summed E-state index contributed by atoms with van der Waals surface area (Å²) < 4.78 is 5.18. The van der Waals surface area contributed by atoms with Crippen LogP contribution in [0.4, 0.5) is 4.79 Å². The van der Waals surface area contributed by atoms with Gasteiger partial charge in [-0.05, 0) is 17.7 Å². The monoisotopic (exact) mass is 341 g/mol. The molecule has 2 N–H and O–H groups in total. The summed E-state index contributed by atoms with van der Waals surface area (Å²) in [5.74, 6) is 0.112. The summed E-state index contributed by atoms with van der Waals surface area (Å²) >= 11 is 0. The molecule has 25 heavy (non-hydrogen) atoms. The Morgan fingerprint density at radius 3 is 2.68 bits per heavy atom. The van der Waals surface area contributed by atoms with Crippen LogP contribution in [-0.2, 0) is 22.6 Å². The van der Waals surface area contributed by atoms with Crippen molar-refractivity contribution in [2.24, 2.45) is 0 Å². The number of nitrogens with zero attached hydrogens (tertiary/aromatic N) is 1. The van der Waals surface area contributed by atoms with Crippen molar-refractivity contribution in [2.45, 2.75) is 25.4 Å². The van der Waals surface area contributed by atoms with Crippen molar-refractivity contribution >= 4 is 17.8 Å². The molecule has 1 aliphatic rings. The molecule has 3 rings (SSSR count). The summed E-state index contributed by atoms with van der Waals surface area (Å²) in [6.45, 7) is 0.608. The summed E-state index contributed by atoms with van der Waals surface area (Å²) in [6, 6.07) is 11.6. The molecule has 1 aromatic heterocycles. The first kappa shape index (κ1) is 16.8. The van der Waals surface area contributed by atoms with E-state index >= 15 is 0 Å². The van der Waals surface area contributed by atoms with Crippen molar-refractivity contribution in [1.29, 1.82) is 0 Å². The van der Waals surface area contributed by atoms with Gasteiger partial charge in [0.05, 0.1) is 19.2 Å². The Labute approximate surface area is 145 Å². The van der Waals surface area contributed by atoms with Crippen LogP contribution < -0.4 is 10.6 Å². The smallest absolute Gasteiger partial charge is 0.325 e. The summed E-state index contributed by atoms with van der Waals surface area (Å²) in [6.07, 6.45) is 2.07. The predicted octanol–water partition coefficient (Wildman–Crippen LogP) is 1.45. The summed E-state index contributed by atoms with van der Waals surface area (Å²) in [4.78, 5) is 37.5. The van der Waals surface area contributed by atoms with Gasteiger partial charge >= 0.3 is 6.03 Å². The highest BCUT2D eigenvalue weighted by Crippen LogP contribution is 2.14. The SMILES string of the molecule is O=C(CC1NC(=O)N(Cc2ccccc2)C1=O)NCCc1ccco1. The molecular weight excluding hydrogens is 322 g/mol. The number of carbonyl (C=O) groups is 3. The molecule has 0 aliphatic carbocycles. The maximum Gasteiger partial charge on any atom is 0.325 e. The lowest BCUT2D eigenvalue weighted by atomic mass is 10.1. The Kier molecular flexibility index (Phi) is 5.13. The number of hydrogen-bond acceptors (Lipinski definition) is 4. The minimum absolute atomic E-state index is 0.0754. The Morgan fingerprint density at radius 2 is 1.96 bits per heavy atom. The highest BCUT2D eigenvalue weighted by molar-refractivity contribution is 6.05. The molecule has 130 valence electrons. The van der Waals surface area contributed by atoms with E-state index in [-0.39, 0.29) is 24.8 Å². The van der Waals surface area contributed by atoms with Gasteiger partial charge in [-0.15, -0.1) is 0 Å². The standard InChI is InChI=1S/C18H19N3O4/c22-16(19-9-8-14-7-4-10-25-14)11-15-17(23)21(18(24)20-15)12-13-5-2-1-3-6-13/h1-7,10,15H,8-9,11-12H2,(H,19,22)(H,20,24). The van der Waals surface area contributed by atoms with Crippen molar-refractivity contribution in [3.05, 3.63) is 60.1 Å². The highest BCUT2D eigenvalue weighted by Gasteiger charge is 2.38. The maximum absolute atomic E-state index is 12.4. The van der Waals surface area contributed by atoms with Crippen LogP contribution >= 0.6 is 0 Å². The zero-order chi connectivity index (χ0) is 17.6. The number of urea groups is 1. The molecule has 0 spiro atoms. The summed E-state index contributed by atoms with van der Waals surface area (Å²) in [7, 11) is 0. The normalized spacial score (nSPS) is 16.8. The van der Waals surface area contributed by atoms with Gasteiger partial charge in [-0.3, -0.25) is 14.5 Å². The molecule has 1 aromatic carbocycles. The molecule has 1 atom stereocenters. The first-order valence-electron chi connectivity index (χ1n) is 8.08. The first-order chi connectivity index (χ1) is 12.1. The zero-order valence-corrected chi connectivity index (χ0v) is 13.6. The molecule has 0 saturated carbocycles. The lowest BCUT2D eigenvalue weighted by Crippen LogP contribution is -2.37. The van der Waals surface area contributed by atoms with Gasteiger partial charge in [-0.2, -0.15) is 0 Å². The quantitative estimate of drug-likeness (QED) is 0.746. The largest absolute Gasteiger partial charge is 0.469 e. The van der Waals surface area contributed by atoms with Crippen LogP contribution in [0, 0.1) is 0 Å². The molecule has 2 aromatic rings. The van der Waals surface area contributed by atoms with Crippen LogP contribution in [0.2, 0.25) is 0 Å². The van der Waals surface area contributed by atoms with E-state index in [1.54, 1.807) is 12.3 Å². The third-order valence-corrected chi connectivity index (χ3v) is 3.95. The van der Waals surface area contributed by atoms with Gasteiger partial charge in [0, 0.05) is 13.0 Å². The van der Waals surface area contributed by atoms with Crippen LogP contribution in [0.3, 0.4) is 0 Å². The Hall–Kier alpha value is -3.09. The fourth-order valence-corrected chi connectivity index (χ4v) is 2.67. The molecule has 7 nitrogen and oxygen atoms in total. The molecule has 2 heterocycles. The van der Waals surface area contributed by atoms with E-state index in [1.165, 1.54) is 0 Å². The predicted molar refractivity (Wildman–Crippen MR) is 89.4 cm³/mol. The van der Waals surface area contributed by atoms with Gasteiger partial charge < -0.3 is 15.1 Å². The van der Waals surface area contributed by atoms with Crippen molar-refractivity contribution in [3.63, 3.8) is 0 Å². The fraction of sp³-hybridized carbons (Fsp3) is 0.278. The molecule has 1 fully saturated rings. The van der Waals surface area contributed by atoms with Gasteiger partial charge in [0.15, 0.2) is 0 Å². The van der Waals surface area contributed by atoms with Gasteiger partial charge in [0.1, 0.15) is 11.8 Å². The van der Waals surface area contributed by atoms with Crippen LogP contribution in [0.25, 0.3) is 0 Å². The molecular formula is C18H19N3O4. The molecule has 1 aliphatic heterocycles. The average molecular weight is 341 g/mol. The summed E-state index contributed by atoms with van der Waals surface area (Å²) in [5.41, 5.74) is 0.856. The maximum atomic E-state index is 12.4. The molecule has 1 saturated heterocycles. The van der Waals surface area contributed by atoms with Crippen molar-refractivity contribution in [3.8, 4) is 0 Å². The molecule has 4 amide bonds. The van der Waals surface area contributed by atoms with E-state index in [4.69, 9.17) is 4.42 Å². The molecule has 0 radical (unpaired) electrons. The van der Waals surface area contributed by atoms with Crippen molar-refractivity contribution in [1.82, 2.24) is 15.5 Å². The second-order valence-electron chi connectivity index (χ2n) is 5.80. The molecule has 0 bridgehead atoms. The van der Waals surface area contributed by atoms with Gasteiger partial charge in [-0.1, -0.05) is 30.3 Å². The Morgan fingerprint density at radius 1 is 1.16 bits per heavy atom. The number of hydrogen-bond donors (Lipinski definition) is 2. The topological polar surface area (TPSA) is 91.7 Å². The third kappa shape index (κ3) is 4.26. The highest BCUT2D eigenvalue weighted by atomic mass is 16.3. The van der Waals surface area contributed by atoms with E-state index in [2.05, 4.69) is 10.6 Å².